The van der Waals surface area contributed by atoms with Crippen LogP contribution in [0, 0.1) is 11.3 Å². The summed E-state index contributed by atoms with van der Waals surface area (Å²) in [6.45, 7) is 5.88. The van der Waals surface area contributed by atoms with Crippen LogP contribution in [-0.2, 0) is 0 Å². The van der Waals surface area contributed by atoms with E-state index in [-0.39, 0.29) is 0 Å². The van der Waals surface area contributed by atoms with Gasteiger partial charge in [-0.3, -0.25) is 4.90 Å². The zero-order valence-corrected chi connectivity index (χ0v) is 12.8. The minimum Gasteiger partial charge on any atom is -0.329 e. The summed E-state index contributed by atoms with van der Waals surface area (Å²) in [5, 5.41) is 0. The molecule has 1 atom stereocenters. The van der Waals surface area contributed by atoms with Gasteiger partial charge in [-0.05, 0) is 69.4 Å². The Balaban J connectivity index is 1.65. The largest absolute Gasteiger partial charge is 0.329 e. The first-order valence-corrected chi connectivity index (χ1v) is 8.70. The van der Waals surface area contributed by atoms with Crippen LogP contribution in [-0.4, -0.2) is 30.1 Å². The first-order valence-electron chi connectivity index (χ1n) is 8.70. The molecule has 3 aliphatic rings. The highest BCUT2D eigenvalue weighted by atomic mass is 15.2. The van der Waals surface area contributed by atoms with Gasteiger partial charge in [0.05, 0.1) is 0 Å². The van der Waals surface area contributed by atoms with Gasteiger partial charge in [-0.15, -0.1) is 0 Å². The standard InChI is InChI=1S/C17H32N2/c1-2-17(14-18,15-6-7-15)19-12-10-16(11-13-19)8-4-3-5-9-16/h15H,2-14,18H2,1H3. The van der Waals surface area contributed by atoms with Crippen LogP contribution in [0.3, 0.4) is 0 Å². The molecule has 110 valence electrons. The van der Waals surface area contributed by atoms with E-state index in [2.05, 4.69) is 11.8 Å². The van der Waals surface area contributed by atoms with E-state index in [0.29, 0.717) is 5.54 Å². The molecule has 1 saturated heterocycles. The smallest absolute Gasteiger partial charge is 0.0357 e. The number of hydrogen-bond acceptors (Lipinski definition) is 2. The Bertz CT molecular complexity index is 288. The molecule has 0 radical (unpaired) electrons. The van der Waals surface area contributed by atoms with Crippen molar-refractivity contribution in [2.75, 3.05) is 19.6 Å². The predicted octanol–water partition coefficient (Wildman–Crippen LogP) is 3.55. The summed E-state index contributed by atoms with van der Waals surface area (Å²) in [4.78, 5) is 2.80. The minimum absolute atomic E-state index is 0.357. The SMILES string of the molecule is CCC(CN)(C1CC1)N1CCC2(CCCCC2)CC1. The summed E-state index contributed by atoms with van der Waals surface area (Å²) in [6.07, 6.45) is 14.5. The average Bonchev–Trinajstić information content (AvgIpc) is 3.29. The molecule has 2 saturated carbocycles. The molecule has 1 unspecified atom stereocenters. The van der Waals surface area contributed by atoms with Crippen molar-refractivity contribution >= 4 is 0 Å². The summed E-state index contributed by atoms with van der Waals surface area (Å²) in [7, 11) is 0. The highest BCUT2D eigenvalue weighted by Crippen LogP contribution is 2.49. The van der Waals surface area contributed by atoms with Gasteiger partial charge in [0, 0.05) is 12.1 Å². The highest BCUT2D eigenvalue weighted by molar-refractivity contribution is 5.04. The topological polar surface area (TPSA) is 29.3 Å². The van der Waals surface area contributed by atoms with Gasteiger partial charge in [0.25, 0.3) is 0 Å². The van der Waals surface area contributed by atoms with Gasteiger partial charge in [0.15, 0.2) is 0 Å². The fraction of sp³-hybridized carbons (Fsp3) is 1.00. The van der Waals surface area contributed by atoms with Crippen LogP contribution >= 0.6 is 0 Å². The molecular weight excluding hydrogens is 232 g/mol. The van der Waals surface area contributed by atoms with E-state index >= 15 is 0 Å². The molecule has 2 aliphatic carbocycles. The molecule has 2 heteroatoms. The van der Waals surface area contributed by atoms with Crippen molar-refractivity contribution in [2.45, 2.75) is 76.7 Å². The van der Waals surface area contributed by atoms with Crippen LogP contribution in [0.15, 0.2) is 0 Å². The van der Waals surface area contributed by atoms with Crippen molar-refractivity contribution in [2.24, 2.45) is 17.1 Å². The van der Waals surface area contributed by atoms with E-state index in [1.54, 1.807) is 0 Å². The van der Waals surface area contributed by atoms with E-state index in [9.17, 15) is 0 Å². The maximum Gasteiger partial charge on any atom is 0.0357 e. The molecule has 1 spiro atoms. The van der Waals surface area contributed by atoms with Gasteiger partial charge < -0.3 is 5.73 Å². The van der Waals surface area contributed by atoms with Crippen molar-refractivity contribution in [3.05, 3.63) is 0 Å². The summed E-state index contributed by atoms with van der Waals surface area (Å²) in [6, 6.07) is 0. The van der Waals surface area contributed by atoms with Crippen molar-refractivity contribution in [1.29, 1.82) is 0 Å². The Hall–Kier alpha value is -0.0800. The highest BCUT2D eigenvalue weighted by Gasteiger charge is 2.49. The molecule has 0 aromatic carbocycles. The Morgan fingerprint density at radius 1 is 1.05 bits per heavy atom. The molecule has 0 bridgehead atoms. The lowest BCUT2D eigenvalue weighted by atomic mass is 9.67. The summed E-state index contributed by atoms with van der Waals surface area (Å²) >= 11 is 0. The molecule has 1 aliphatic heterocycles. The number of likely N-dealkylation sites (tertiary alicyclic amines) is 1. The fourth-order valence-corrected chi connectivity index (χ4v) is 5.06. The normalized spacial score (nSPS) is 31.3. The minimum atomic E-state index is 0.357. The van der Waals surface area contributed by atoms with Crippen LogP contribution in [0.2, 0.25) is 0 Å². The van der Waals surface area contributed by atoms with Crippen molar-refractivity contribution in [3.8, 4) is 0 Å². The zero-order valence-electron chi connectivity index (χ0n) is 12.8. The summed E-state index contributed by atoms with van der Waals surface area (Å²) in [5.41, 5.74) is 7.30. The second-order valence-corrected chi connectivity index (χ2v) is 7.48. The van der Waals surface area contributed by atoms with Gasteiger partial charge in [-0.2, -0.15) is 0 Å². The molecule has 3 rings (SSSR count). The van der Waals surface area contributed by atoms with Crippen LogP contribution in [0.25, 0.3) is 0 Å². The molecule has 1 heterocycles. The van der Waals surface area contributed by atoms with E-state index in [1.807, 2.05) is 0 Å². The quantitative estimate of drug-likeness (QED) is 0.841. The third-order valence-electron chi connectivity index (χ3n) is 6.67. The lowest BCUT2D eigenvalue weighted by molar-refractivity contribution is -0.00872. The van der Waals surface area contributed by atoms with Crippen LogP contribution < -0.4 is 5.73 Å². The number of hydrogen-bond donors (Lipinski definition) is 1. The Morgan fingerprint density at radius 2 is 1.68 bits per heavy atom. The van der Waals surface area contributed by atoms with E-state index in [4.69, 9.17) is 5.73 Å². The van der Waals surface area contributed by atoms with Crippen LogP contribution in [0.5, 0.6) is 0 Å². The predicted molar refractivity (Wildman–Crippen MR) is 81.1 cm³/mol. The molecular formula is C17H32N2. The summed E-state index contributed by atoms with van der Waals surface area (Å²) < 4.78 is 0. The second-order valence-electron chi connectivity index (χ2n) is 7.48. The fourth-order valence-electron chi connectivity index (χ4n) is 5.06. The molecule has 0 aromatic heterocycles. The van der Waals surface area contributed by atoms with Gasteiger partial charge in [0.2, 0.25) is 0 Å². The van der Waals surface area contributed by atoms with E-state index < -0.39 is 0 Å². The number of rotatable bonds is 4. The van der Waals surface area contributed by atoms with Gasteiger partial charge in [0.1, 0.15) is 0 Å². The van der Waals surface area contributed by atoms with Crippen LogP contribution in [0.4, 0.5) is 0 Å². The van der Waals surface area contributed by atoms with Crippen LogP contribution in [0.1, 0.15) is 71.1 Å². The molecule has 2 nitrogen and oxygen atoms in total. The molecule has 19 heavy (non-hydrogen) atoms. The third kappa shape index (κ3) is 2.47. The second kappa shape index (κ2) is 5.37. The lowest BCUT2D eigenvalue weighted by Gasteiger charge is -2.51. The molecule has 0 amide bonds. The molecule has 0 aromatic rings. The van der Waals surface area contributed by atoms with Crippen molar-refractivity contribution in [1.82, 2.24) is 4.90 Å². The Kier molecular flexibility index (Phi) is 3.92. The van der Waals surface area contributed by atoms with Crippen molar-refractivity contribution < 1.29 is 0 Å². The Morgan fingerprint density at radius 3 is 2.16 bits per heavy atom. The van der Waals surface area contributed by atoms with Gasteiger partial charge in [-0.1, -0.05) is 26.2 Å². The lowest BCUT2D eigenvalue weighted by Crippen LogP contribution is -2.58. The first-order chi connectivity index (χ1) is 9.25. The average molecular weight is 264 g/mol. The summed E-state index contributed by atoms with van der Waals surface area (Å²) in [5.74, 6) is 0.905. The third-order valence-corrected chi connectivity index (χ3v) is 6.67. The number of nitrogens with two attached hydrogens (primary N) is 1. The first kappa shape index (κ1) is 13.9. The van der Waals surface area contributed by atoms with E-state index in [0.717, 1.165) is 17.9 Å². The zero-order chi connectivity index (χ0) is 13.3. The van der Waals surface area contributed by atoms with E-state index in [1.165, 1.54) is 77.3 Å². The Labute approximate surface area is 119 Å². The maximum absolute atomic E-state index is 6.22. The number of piperidine rings is 1. The van der Waals surface area contributed by atoms with Gasteiger partial charge in [-0.25, -0.2) is 0 Å². The monoisotopic (exact) mass is 264 g/mol. The maximum atomic E-state index is 6.22. The number of nitrogens with zero attached hydrogens (tertiary/aromatic N) is 1. The van der Waals surface area contributed by atoms with Crippen molar-refractivity contribution in [3.63, 3.8) is 0 Å². The molecule has 3 fully saturated rings. The van der Waals surface area contributed by atoms with Gasteiger partial charge >= 0.3 is 0 Å². The molecule has 2 N–H and O–H groups in total.